The van der Waals surface area contributed by atoms with Crippen LogP contribution in [0.4, 0.5) is 4.39 Å². The molecule has 1 atom stereocenters. The fourth-order valence-corrected chi connectivity index (χ4v) is 6.01. The third-order valence-corrected chi connectivity index (χ3v) is 8.87. The molecule has 196 valence electrons. The molecule has 2 aliphatic heterocycles. The molecule has 4 rings (SSSR count). The molecule has 0 saturated carbocycles. The molecule has 2 nitrogen and oxygen atoms in total. The van der Waals surface area contributed by atoms with E-state index in [1.807, 2.05) is 13.8 Å². The summed E-state index contributed by atoms with van der Waals surface area (Å²) in [7, 11) is 0. The zero-order valence-electron chi connectivity index (χ0n) is 22.9. The number of aryl methyl sites for hydroxylation is 1. The zero-order chi connectivity index (χ0) is 25.5. The maximum Gasteiger partial charge on any atom is 0.123 e. The Morgan fingerprint density at radius 3 is 2.11 bits per heavy atom. The van der Waals surface area contributed by atoms with Gasteiger partial charge >= 0.3 is 0 Å². The van der Waals surface area contributed by atoms with E-state index in [0.717, 1.165) is 50.1 Å². The smallest absolute Gasteiger partial charge is 0.123 e. The van der Waals surface area contributed by atoms with E-state index in [9.17, 15) is 4.39 Å². The van der Waals surface area contributed by atoms with Gasteiger partial charge in [0.2, 0.25) is 0 Å². The number of likely N-dealkylation sites (tertiary alicyclic amines) is 2. The Labute approximate surface area is 219 Å². The normalized spacial score (nSPS) is 20.0. The summed E-state index contributed by atoms with van der Waals surface area (Å²) in [6.07, 6.45) is 8.62. The Balaban J connectivity index is 1.24. The van der Waals surface area contributed by atoms with Crippen molar-refractivity contribution in [3.8, 4) is 11.1 Å². The molecule has 2 aromatic rings. The van der Waals surface area contributed by atoms with Crippen molar-refractivity contribution in [3.05, 3.63) is 66.2 Å². The Kier molecular flexibility index (Phi) is 9.28. The van der Waals surface area contributed by atoms with Gasteiger partial charge < -0.3 is 9.80 Å². The van der Waals surface area contributed by atoms with Crippen LogP contribution in [0.5, 0.6) is 0 Å². The highest BCUT2D eigenvalue weighted by molar-refractivity contribution is 5.69. The number of hydrogen-bond donors (Lipinski definition) is 0. The summed E-state index contributed by atoms with van der Waals surface area (Å²) < 4.78 is 14.8. The van der Waals surface area contributed by atoms with Crippen LogP contribution in [0.1, 0.15) is 76.8 Å². The fraction of sp³-hybridized carbons (Fsp3) is 0.576. The Morgan fingerprint density at radius 1 is 0.917 bits per heavy atom. The quantitative estimate of drug-likeness (QED) is 0.331. The molecule has 0 bridgehead atoms. The van der Waals surface area contributed by atoms with Gasteiger partial charge in [-0.15, -0.1) is 0 Å². The first kappa shape index (κ1) is 26.9. The van der Waals surface area contributed by atoms with Crippen molar-refractivity contribution >= 4 is 5.70 Å². The maximum atomic E-state index is 14.8. The largest absolute Gasteiger partial charge is 0.371 e. The van der Waals surface area contributed by atoms with E-state index in [1.54, 1.807) is 0 Å². The Hall–Kier alpha value is -2.13. The molecule has 0 aromatic heterocycles. The number of nitrogens with zero attached hydrogens (tertiary/aromatic N) is 2. The molecule has 36 heavy (non-hydrogen) atoms. The van der Waals surface area contributed by atoms with Crippen LogP contribution in [0.15, 0.2) is 55.1 Å². The van der Waals surface area contributed by atoms with Crippen molar-refractivity contribution in [2.24, 2.45) is 11.8 Å². The molecule has 0 N–H and O–H groups in total. The third-order valence-electron chi connectivity index (χ3n) is 8.87. The van der Waals surface area contributed by atoms with Crippen LogP contribution in [0.2, 0.25) is 0 Å². The van der Waals surface area contributed by atoms with Crippen molar-refractivity contribution < 1.29 is 4.39 Å². The first-order chi connectivity index (χ1) is 17.4. The van der Waals surface area contributed by atoms with Gasteiger partial charge in [0.05, 0.1) is 0 Å². The monoisotopic (exact) mass is 490 g/mol. The first-order valence-corrected chi connectivity index (χ1v) is 14.4. The fourth-order valence-electron chi connectivity index (χ4n) is 6.01. The summed E-state index contributed by atoms with van der Waals surface area (Å²) in [6, 6.07) is 18.1. The lowest BCUT2D eigenvalue weighted by Crippen LogP contribution is -2.43. The molecular formula is C33H47FN2. The van der Waals surface area contributed by atoms with Gasteiger partial charge in [0.1, 0.15) is 5.67 Å². The van der Waals surface area contributed by atoms with E-state index < -0.39 is 5.67 Å². The minimum atomic E-state index is -1.01. The van der Waals surface area contributed by atoms with Gasteiger partial charge in [0, 0.05) is 25.3 Å². The second-order valence-electron chi connectivity index (χ2n) is 11.5. The predicted octanol–water partition coefficient (Wildman–Crippen LogP) is 8.23. The predicted molar refractivity (Wildman–Crippen MR) is 153 cm³/mol. The van der Waals surface area contributed by atoms with E-state index >= 15 is 0 Å². The molecule has 0 radical (unpaired) electrons. The van der Waals surface area contributed by atoms with Gasteiger partial charge in [-0.2, -0.15) is 0 Å². The highest BCUT2D eigenvalue weighted by atomic mass is 19.1. The molecule has 0 aliphatic carbocycles. The highest BCUT2D eigenvalue weighted by Crippen LogP contribution is 2.29. The minimum absolute atomic E-state index is 0.612. The molecule has 2 aliphatic rings. The molecule has 2 fully saturated rings. The molecule has 3 heteroatoms. The second kappa shape index (κ2) is 12.4. The van der Waals surface area contributed by atoms with E-state index in [-0.39, 0.29) is 0 Å². The van der Waals surface area contributed by atoms with Gasteiger partial charge in [-0.3, -0.25) is 0 Å². The van der Waals surface area contributed by atoms with Gasteiger partial charge in [-0.05, 0) is 98.5 Å². The summed E-state index contributed by atoms with van der Waals surface area (Å²) >= 11 is 0. The van der Waals surface area contributed by atoms with Gasteiger partial charge in [0.25, 0.3) is 0 Å². The molecule has 0 spiro atoms. The lowest BCUT2D eigenvalue weighted by atomic mass is 9.89. The standard InChI is InChI=1S/C33H47FN2/c1-5-33(34,6-2)25-35-22-19-29(20-23-35)10-9-28-11-13-31(14-12-28)32-17-15-30(16-18-32)27(4)36-21-7-8-26(3)24-36/h11-18,26,29H,4-10,19-25H2,1-3H3. The average molecular weight is 491 g/mol. The molecule has 1 unspecified atom stereocenters. The number of hydrogen-bond acceptors (Lipinski definition) is 2. The van der Waals surface area contributed by atoms with Crippen LogP contribution in [0.25, 0.3) is 16.8 Å². The summed E-state index contributed by atoms with van der Waals surface area (Å²) in [5.41, 5.74) is 5.35. The van der Waals surface area contributed by atoms with E-state index in [1.165, 1.54) is 54.4 Å². The van der Waals surface area contributed by atoms with Crippen LogP contribution < -0.4 is 0 Å². The SMILES string of the molecule is C=C(c1ccc(-c2ccc(CCC3CCN(CC(F)(CC)CC)CC3)cc2)cc1)N1CCCC(C)C1. The number of piperidine rings is 2. The van der Waals surface area contributed by atoms with Crippen LogP contribution >= 0.6 is 0 Å². The Morgan fingerprint density at radius 2 is 1.53 bits per heavy atom. The van der Waals surface area contributed by atoms with Gasteiger partial charge in [-0.1, -0.05) is 75.9 Å². The highest BCUT2D eigenvalue weighted by Gasteiger charge is 2.30. The van der Waals surface area contributed by atoms with Crippen molar-refractivity contribution in [1.82, 2.24) is 9.80 Å². The lowest BCUT2D eigenvalue weighted by molar-refractivity contribution is 0.0628. The molecule has 2 aromatic carbocycles. The molecule has 2 heterocycles. The Bertz CT molecular complexity index is 952. The van der Waals surface area contributed by atoms with E-state index in [2.05, 4.69) is 71.8 Å². The van der Waals surface area contributed by atoms with Crippen LogP contribution in [-0.4, -0.2) is 48.2 Å². The summed E-state index contributed by atoms with van der Waals surface area (Å²) in [5, 5.41) is 0. The molecular weight excluding hydrogens is 443 g/mol. The number of rotatable bonds is 10. The van der Waals surface area contributed by atoms with Crippen LogP contribution in [0.3, 0.4) is 0 Å². The van der Waals surface area contributed by atoms with Crippen molar-refractivity contribution in [2.75, 3.05) is 32.7 Å². The van der Waals surface area contributed by atoms with E-state index in [0.29, 0.717) is 19.4 Å². The maximum absolute atomic E-state index is 14.8. The van der Waals surface area contributed by atoms with Crippen molar-refractivity contribution in [3.63, 3.8) is 0 Å². The summed E-state index contributed by atoms with van der Waals surface area (Å²) in [6.45, 7) is 15.6. The third kappa shape index (κ3) is 7.00. The van der Waals surface area contributed by atoms with Crippen LogP contribution in [-0.2, 0) is 6.42 Å². The lowest BCUT2D eigenvalue weighted by Gasteiger charge is -2.36. The van der Waals surface area contributed by atoms with Crippen molar-refractivity contribution in [2.45, 2.75) is 77.8 Å². The topological polar surface area (TPSA) is 6.48 Å². The van der Waals surface area contributed by atoms with Crippen molar-refractivity contribution in [1.29, 1.82) is 0 Å². The van der Waals surface area contributed by atoms with Crippen LogP contribution in [0, 0.1) is 11.8 Å². The zero-order valence-corrected chi connectivity index (χ0v) is 22.9. The summed E-state index contributed by atoms with van der Waals surface area (Å²) in [4.78, 5) is 4.80. The van der Waals surface area contributed by atoms with Gasteiger partial charge in [-0.25, -0.2) is 4.39 Å². The van der Waals surface area contributed by atoms with E-state index in [4.69, 9.17) is 0 Å². The number of halogens is 1. The molecule has 0 amide bonds. The average Bonchev–Trinajstić information content (AvgIpc) is 2.92. The first-order valence-electron chi connectivity index (χ1n) is 14.4. The second-order valence-corrected chi connectivity index (χ2v) is 11.5. The van der Waals surface area contributed by atoms with Gasteiger partial charge in [0.15, 0.2) is 0 Å². The molecule has 2 saturated heterocycles. The minimum Gasteiger partial charge on any atom is -0.371 e. The summed E-state index contributed by atoms with van der Waals surface area (Å²) in [5.74, 6) is 1.52. The number of alkyl halides is 1. The number of benzene rings is 2.